The average molecular weight is 197 g/mol. The summed E-state index contributed by atoms with van der Waals surface area (Å²) in [7, 11) is 6.53. The lowest BCUT2D eigenvalue weighted by Gasteiger charge is -2.25. The summed E-state index contributed by atoms with van der Waals surface area (Å²) in [5.41, 5.74) is 0.955. The fourth-order valence-electron chi connectivity index (χ4n) is 1.13. The maximum Gasteiger partial charge on any atom is 0.0979 e. The van der Waals surface area contributed by atoms with Gasteiger partial charge in [0, 0.05) is 0 Å². The van der Waals surface area contributed by atoms with Crippen LogP contribution in [-0.2, 0) is 0 Å². The van der Waals surface area contributed by atoms with Gasteiger partial charge in [-0.25, -0.2) is 0 Å². The predicted octanol–water partition coefficient (Wildman–Crippen LogP) is 1.48. The number of nitrogens with zero attached hydrogens (tertiary/aromatic N) is 1. The molecule has 1 aromatic rings. The van der Waals surface area contributed by atoms with Gasteiger partial charge in [-0.2, -0.15) is 0 Å². The molecular weight excluding hydrogens is 181 g/mol. The van der Waals surface area contributed by atoms with Gasteiger partial charge in [0.2, 0.25) is 0 Å². The van der Waals surface area contributed by atoms with E-state index in [1.165, 1.54) is 0 Å². The van der Waals surface area contributed by atoms with Crippen molar-refractivity contribution in [3.63, 3.8) is 0 Å². The number of rotatable bonds is 3. The molecule has 1 aromatic carbocycles. The molecule has 3 heteroatoms. The lowest BCUT2D eigenvalue weighted by Crippen LogP contribution is -2.28. The third-order valence-corrected chi connectivity index (χ3v) is 3.02. The Morgan fingerprint density at radius 2 is 1.77 bits per heavy atom. The predicted molar refractivity (Wildman–Crippen MR) is 58.6 cm³/mol. The first-order valence-corrected chi connectivity index (χ1v) is 4.94. The molecule has 0 spiro atoms. The van der Waals surface area contributed by atoms with E-state index in [-0.39, 0.29) is 5.78 Å². The normalized spacial score (nSPS) is 15.8. The Hall–Kier alpha value is -0.430. The van der Waals surface area contributed by atoms with Gasteiger partial charge in [0.1, 0.15) is 0 Å². The van der Waals surface area contributed by atoms with E-state index in [0.29, 0.717) is 0 Å². The molecule has 0 aliphatic rings. The highest BCUT2D eigenvalue weighted by Gasteiger charge is 2.17. The summed E-state index contributed by atoms with van der Waals surface area (Å²) in [6, 6.07) is 9.69. The third kappa shape index (κ3) is 2.77. The zero-order valence-corrected chi connectivity index (χ0v) is 9.17. The summed E-state index contributed by atoms with van der Waals surface area (Å²) < 4.78 is 0. The van der Waals surface area contributed by atoms with Gasteiger partial charge in [0.25, 0.3) is 0 Å². The van der Waals surface area contributed by atoms with Gasteiger partial charge in [0.15, 0.2) is 0 Å². The van der Waals surface area contributed by atoms with Crippen LogP contribution in [0.1, 0.15) is 11.7 Å². The molecule has 0 radical (unpaired) electrons. The van der Waals surface area contributed by atoms with Crippen LogP contribution in [0.3, 0.4) is 0 Å². The number of hydrogen-bond donors (Lipinski definition) is 1. The van der Waals surface area contributed by atoms with Crippen LogP contribution in [-0.4, -0.2) is 29.9 Å². The second-order valence-electron chi connectivity index (χ2n) is 3.31. The van der Waals surface area contributed by atoms with Gasteiger partial charge in [0.05, 0.1) is 11.9 Å². The minimum Gasteiger partial charge on any atom is -0.386 e. The number of benzene rings is 1. The summed E-state index contributed by atoms with van der Waals surface area (Å²) in [4.78, 5) is 1.97. The van der Waals surface area contributed by atoms with E-state index < -0.39 is 6.10 Å². The topological polar surface area (TPSA) is 23.5 Å². The summed E-state index contributed by atoms with van der Waals surface area (Å²) >= 11 is 0. The smallest absolute Gasteiger partial charge is 0.0979 e. The molecule has 3 unspecified atom stereocenters. The molecule has 1 N–H and O–H groups in total. The van der Waals surface area contributed by atoms with Crippen molar-refractivity contribution < 1.29 is 5.11 Å². The van der Waals surface area contributed by atoms with Crippen LogP contribution in [0.4, 0.5) is 0 Å². The molecule has 0 saturated carbocycles. The van der Waals surface area contributed by atoms with Gasteiger partial charge in [-0.1, -0.05) is 30.3 Å². The van der Waals surface area contributed by atoms with Crippen LogP contribution in [0.15, 0.2) is 30.3 Å². The molecule has 3 atom stereocenters. The van der Waals surface area contributed by atoms with E-state index in [4.69, 9.17) is 0 Å². The molecule has 0 fully saturated rings. The molecule has 0 aliphatic carbocycles. The summed E-state index contributed by atoms with van der Waals surface area (Å²) in [5, 5.41) is 9.90. The second-order valence-corrected chi connectivity index (χ2v) is 3.99. The Balaban J connectivity index is 2.73. The lowest BCUT2D eigenvalue weighted by atomic mass is 10.1. The van der Waals surface area contributed by atoms with Gasteiger partial charge < -0.3 is 10.0 Å². The minimum absolute atomic E-state index is 0.0578. The van der Waals surface area contributed by atoms with E-state index >= 15 is 0 Å². The van der Waals surface area contributed by atoms with Crippen LogP contribution in [0.5, 0.6) is 0 Å². The quantitative estimate of drug-likeness (QED) is 0.742. The van der Waals surface area contributed by atoms with Gasteiger partial charge in [-0.3, -0.25) is 0 Å². The molecule has 1 rings (SSSR count). The molecule has 2 nitrogen and oxygen atoms in total. The fraction of sp³-hybridized carbons (Fsp3) is 0.400. The third-order valence-electron chi connectivity index (χ3n) is 2.06. The zero-order valence-electron chi connectivity index (χ0n) is 8.01. The van der Waals surface area contributed by atoms with E-state index in [1.807, 2.05) is 49.3 Å². The van der Waals surface area contributed by atoms with Crippen molar-refractivity contribution in [1.29, 1.82) is 0 Å². The van der Waals surface area contributed by atoms with Crippen LogP contribution < -0.4 is 0 Å². The average Bonchev–Trinajstić information content (AvgIpc) is 2.17. The molecule has 0 amide bonds. The highest BCUT2D eigenvalue weighted by Crippen LogP contribution is 2.23. The van der Waals surface area contributed by atoms with E-state index in [9.17, 15) is 5.11 Å². The molecule has 0 heterocycles. The molecule has 0 saturated heterocycles. The number of hydrogen-bond acceptors (Lipinski definition) is 2. The van der Waals surface area contributed by atoms with Crippen molar-refractivity contribution >= 4 is 9.24 Å². The standard InChI is InChI=1S/C10H16NOP/c1-11(2)10(13)9(12)8-6-4-3-5-7-8/h3-7,9-10,12H,13H2,1-2H3. The largest absolute Gasteiger partial charge is 0.386 e. The molecular formula is C10H16NOP. The summed E-state index contributed by atoms with van der Waals surface area (Å²) in [6.45, 7) is 0. The first-order valence-electron chi connectivity index (χ1n) is 4.28. The van der Waals surface area contributed by atoms with Crippen LogP contribution in [0.2, 0.25) is 0 Å². The Labute approximate surface area is 81.8 Å². The molecule has 0 bridgehead atoms. The van der Waals surface area contributed by atoms with Crippen LogP contribution in [0, 0.1) is 0 Å². The summed E-state index contributed by atoms with van der Waals surface area (Å²) in [5.74, 6) is 0.0578. The van der Waals surface area contributed by atoms with Gasteiger partial charge in [-0.05, 0) is 19.7 Å². The highest BCUT2D eigenvalue weighted by molar-refractivity contribution is 7.17. The molecule has 13 heavy (non-hydrogen) atoms. The number of aliphatic hydroxyl groups is 1. The SMILES string of the molecule is CN(C)C(P)C(O)c1ccccc1. The first kappa shape index (κ1) is 10.6. The molecule has 0 aromatic heterocycles. The van der Waals surface area contributed by atoms with Gasteiger partial charge >= 0.3 is 0 Å². The Morgan fingerprint density at radius 3 is 2.23 bits per heavy atom. The van der Waals surface area contributed by atoms with E-state index in [0.717, 1.165) is 5.56 Å². The van der Waals surface area contributed by atoms with Gasteiger partial charge in [-0.15, -0.1) is 9.24 Å². The van der Waals surface area contributed by atoms with Crippen LogP contribution in [0.25, 0.3) is 0 Å². The monoisotopic (exact) mass is 197 g/mol. The Morgan fingerprint density at radius 1 is 1.23 bits per heavy atom. The maximum absolute atomic E-state index is 9.90. The zero-order chi connectivity index (χ0) is 9.84. The van der Waals surface area contributed by atoms with Crippen molar-refractivity contribution in [1.82, 2.24) is 4.90 Å². The Kier molecular flexibility index (Phi) is 3.86. The first-order chi connectivity index (χ1) is 6.13. The van der Waals surface area contributed by atoms with E-state index in [1.54, 1.807) is 0 Å². The molecule has 0 aliphatic heterocycles. The fourth-order valence-corrected chi connectivity index (χ4v) is 1.35. The van der Waals surface area contributed by atoms with E-state index in [2.05, 4.69) is 9.24 Å². The lowest BCUT2D eigenvalue weighted by molar-refractivity contribution is 0.120. The summed E-state index contributed by atoms with van der Waals surface area (Å²) in [6.07, 6.45) is -0.443. The van der Waals surface area contributed by atoms with Crippen molar-refractivity contribution in [2.45, 2.75) is 11.9 Å². The maximum atomic E-state index is 9.90. The number of likely N-dealkylation sites (N-methyl/N-ethyl adjacent to an activating group) is 1. The highest BCUT2D eigenvalue weighted by atomic mass is 31.0. The Bertz CT molecular complexity index is 250. The minimum atomic E-state index is -0.443. The van der Waals surface area contributed by atoms with Crippen LogP contribution >= 0.6 is 9.24 Å². The van der Waals surface area contributed by atoms with Crippen molar-refractivity contribution in [3.05, 3.63) is 35.9 Å². The van der Waals surface area contributed by atoms with Crippen molar-refractivity contribution in [3.8, 4) is 0 Å². The van der Waals surface area contributed by atoms with Crippen molar-refractivity contribution in [2.75, 3.05) is 14.1 Å². The second kappa shape index (κ2) is 4.71. The molecule has 72 valence electrons. The van der Waals surface area contributed by atoms with Crippen molar-refractivity contribution in [2.24, 2.45) is 0 Å². The number of aliphatic hydroxyl groups excluding tert-OH is 1.